The maximum absolute atomic E-state index is 12.0. The van der Waals surface area contributed by atoms with E-state index in [0.717, 1.165) is 0 Å². The monoisotopic (exact) mass is 353 g/mol. The number of carbonyl (C=O) groups excluding carboxylic acids is 1. The predicted octanol–water partition coefficient (Wildman–Crippen LogP) is 2.55. The minimum atomic E-state index is -0.552. The number of nitrogens with zero attached hydrogens (tertiary/aromatic N) is 3. The highest BCUT2D eigenvalue weighted by Crippen LogP contribution is 2.32. The molecule has 0 bridgehead atoms. The van der Waals surface area contributed by atoms with Gasteiger partial charge in [-0.05, 0) is 29.5 Å². The number of nitro benzene ring substituents is 1. The van der Waals surface area contributed by atoms with Crippen molar-refractivity contribution in [3.05, 3.63) is 43.8 Å². The van der Waals surface area contributed by atoms with E-state index in [2.05, 4.69) is 4.99 Å². The van der Waals surface area contributed by atoms with Crippen LogP contribution in [-0.2, 0) is 9.53 Å². The van der Waals surface area contributed by atoms with Gasteiger partial charge in [-0.15, -0.1) is 0 Å². The minimum absolute atomic E-state index is 0.0628. The smallest absolute Gasteiger partial charge is 0.288 e. The molecule has 0 aromatic heterocycles. The summed E-state index contributed by atoms with van der Waals surface area (Å²) in [5.74, 6) is -0.339. The molecule has 0 spiro atoms. The van der Waals surface area contributed by atoms with Crippen LogP contribution < -0.4 is 0 Å². The molecule has 9 heteroatoms. The van der Waals surface area contributed by atoms with Crippen LogP contribution in [0.1, 0.15) is 5.56 Å². The quantitative estimate of drug-likeness (QED) is 0.461. The fraction of sp³-hybridized carbons (Fsp3) is 0.286. The summed E-state index contributed by atoms with van der Waals surface area (Å²) in [5, 5.41) is 11.6. The number of amides is 1. The number of ether oxygens (including phenoxy) is 1. The Kier molecular flexibility index (Phi) is 4.65. The van der Waals surface area contributed by atoms with Crippen LogP contribution in [0.25, 0.3) is 6.08 Å². The van der Waals surface area contributed by atoms with E-state index in [4.69, 9.17) is 16.3 Å². The van der Waals surface area contributed by atoms with E-state index in [-0.39, 0.29) is 16.6 Å². The van der Waals surface area contributed by atoms with Gasteiger partial charge in [0.25, 0.3) is 11.6 Å². The lowest BCUT2D eigenvalue weighted by molar-refractivity contribution is -0.384. The number of rotatable bonds is 2. The first-order valence-corrected chi connectivity index (χ1v) is 8.03. The highest BCUT2D eigenvalue weighted by molar-refractivity contribution is 8.18. The molecule has 1 saturated heterocycles. The minimum Gasteiger partial charge on any atom is -0.378 e. The summed E-state index contributed by atoms with van der Waals surface area (Å²) in [7, 11) is 0. The number of halogens is 1. The Bertz CT molecular complexity index is 729. The van der Waals surface area contributed by atoms with E-state index < -0.39 is 4.92 Å². The van der Waals surface area contributed by atoms with Crippen molar-refractivity contribution in [3.8, 4) is 0 Å². The van der Waals surface area contributed by atoms with E-state index in [9.17, 15) is 14.9 Å². The Balaban J connectivity index is 1.80. The normalized spacial score (nSPS) is 20.0. The molecule has 0 aliphatic carbocycles. The molecule has 1 aromatic rings. The number of benzene rings is 1. The van der Waals surface area contributed by atoms with Crippen molar-refractivity contribution >= 4 is 46.2 Å². The molecular weight excluding hydrogens is 342 g/mol. The van der Waals surface area contributed by atoms with Crippen LogP contribution in [0.5, 0.6) is 0 Å². The molecule has 1 aromatic carbocycles. The Labute approximate surface area is 141 Å². The molecule has 1 amide bonds. The Hall–Kier alpha value is -1.90. The number of hydrogen-bond donors (Lipinski definition) is 0. The third-order valence-corrected chi connectivity index (χ3v) is 4.72. The third-order valence-electron chi connectivity index (χ3n) is 3.36. The van der Waals surface area contributed by atoms with E-state index in [1.54, 1.807) is 12.1 Å². The van der Waals surface area contributed by atoms with Crippen molar-refractivity contribution in [1.29, 1.82) is 0 Å². The van der Waals surface area contributed by atoms with Crippen molar-refractivity contribution in [2.75, 3.05) is 26.3 Å². The van der Waals surface area contributed by atoms with Crippen LogP contribution in [0.15, 0.2) is 28.1 Å². The van der Waals surface area contributed by atoms with Crippen LogP contribution in [0.4, 0.5) is 5.69 Å². The topological polar surface area (TPSA) is 85.0 Å². The van der Waals surface area contributed by atoms with Gasteiger partial charge in [0.2, 0.25) is 0 Å². The zero-order valence-electron chi connectivity index (χ0n) is 11.9. The molecule has 0 radical (unpaired) electrons. The lowest BCUT2D eigenvalue weighted by Crippen LogP contribution is -2.38. The molecule has 0 atom stereocenters. The van der Waals surface area contributed by atoms with Gasteiger partial charge in [0, 0.05) is 19.2 Å². The largest absolute Gasteiger partial charge is 0.378 e. The summed E-state index contributed by atoms with van der Waals surface area (Å²) in [6, 6.07) is 4.42. The molecule has 1 fully saturated rings. The zero-order chi connectivity index (χ0) is 16.4. The molecule has 23 heavy (non-hydrogen) atoms. The van der Waals surface area contributed by atoms with Crippen LogP contribution >= 0.6 is 23.4 Å². The van der Waals surface area contributed by atoms with Gasteiger partial charge in [-0.1, -0.05) is 17.7 Å². The number of morpholine rings is 1. The van der Waals surface area contributed by atoms with Crippen LogP contribution in [0.3, 0.4) is 0 Å². The van der Waals surface area contributed by atoms with Gasteiger partial charge in [-0.3, -0.25) is 14.9 Å². The average Bonchev–Trinajstić information content (AvgIpc) is 2.91. The van der Waals surface area contributed by atoms with E-state index in [0.29, 0.717) is 41.9 Å². The van der Waals surface area contributed by atoms with Gasteiger partial charge in [-0.2, -0.15) is 4.99 Å². The second kappa shape index (κ2) is 6.69. The number of amidine groups is 1. The van der Waals surface area contributed by atoms with Crippen molar-refractivity contribution in [2.24, 2.45) is 4.99 Å². The molecular formula is C14H12ClN3O4S. The number of hydrogen-bond acceptors (Lipinski definition) is 6. The fourth-order valence-electron chi connectivity index (χ4n) is 2.20. The first-order valence-electron chi connectivity index (χ1n) is 6.84. The lowest BCUT2D eigenvalue weighted by Gasteiger charge is -2.27. The van der Waals surface area contributed by atoms with E-state index >= 15 is 0 Å². The van der Waals surface area contributed by atoms with Gasteiger partial charge in [0.1, 0.15) is 5.02 Å². The highest BCUT2D eigenvalue weighted by atomic mass is 35.5. The maximum Gasteiger partial charge on any atom is 0.288 e. The van der Waals surface area contributed by atoms with Crippen molar-refractivity contribution in [3.63, 3.8) is 0 Å². The van der Waals surface area contributed by atoms with Gasteiger partial charge in [0.15, 0.2) is 5.17 Å². The summed E-state index contributed by atoms with van der Waals surface area (Å²) >= 11 is 7.05. The Morgan fingerprint density at radius 3 is 2.83 bits per heavy atom. The van der Waals surface area contributed by atoms with Crippen LogP contribution in [-0.4, -0.2) is 47.2 Å². The summed E-state index contributed by atoms with van der Waals surface area (Å²) < 4.78 is 5.27. The molecule has 7 nitrogen and oxygen atoms in total. The SMILES string of the molecule is O=C1N=C(N2CCOCC2)S/C1=C/c1ccc(Cl)c([N+](=O)[O-])c1. The van der Waals surface area contributed by atoms with Gasteiger partial charge >= 0.3 is 0 Å². The molecule has 0 N–H and O–H groups in total. The average molecular weight is 354 g/mol. The molecule has 3 rings (SSSR count). The Morgan fingerprint density at radius 2 is 2.13 bits per heavy atom. The van der Waals surface area contributed by atoms with Crippen molar-refractivity contribution < 1.29 is 14.5 Å². The molecule has 0 saturated carbocycles. The predicted molar refractivity (Wildman–Crippen MR) is 88.5 cm³/mol. The number of aliphatic imine (C=N–C) groups is 1. The van der Waals surface area contributed by atoms with Gasteiger partial charge < -0.3 is 9.64 Å². The van der Waals surface area contributed by atoms with E-state index in [1.807, 2.05) is 4.90 Å². The second-order valence-electron chi connectivity index (χ2n) is 4.88. The molecule has 0 unspecified atom stereocenters. The maximum atomic E-state index is 12.0. The molecule has 2 heterocycles. The fourth-order valence-corrected chi connectivity index (χ4v) is 3.35. The Morgan fingerprint density at radius 1 is 1.39 bits per heavy atom. The second-order valence-corrected chi connectivity index (χ2v) is 6.29. The first kappa shape index (κ1) is 16.0. The zero-order valence-corrected chi connectivity index (χ0v) is 13.5. The molecule has 2 aliphatic rings. The van der Waals surface area contributed by atoms with Crippen molar-refractivity contribution in [2.45, 2.75) is 0 Å². The van der Waals surface area contributed by atoms with Crippen LogP contribution in [0.2, 0.25) is 5.02 Å². The van der Waals surface area contributed by atoms with E-state index in [1.165, 1.54) is 23.9 Å². The van der Waals surface area contributed by atoms with Crippen molar-refractivity contribution in [1.82, 2.24) is 4.90 Å². The number of carbonyl (C=O) groups is 1. The highest BCUT2D eigenvalue weighted by Gasteiger charge is 2.27. The van der Waals surface area contributed by atoms with Crippen LogP contribution in [0, 0.1) is 10.1 Å². The summed E-state index contributed by atoms with van der Waals surface area (Å²) in [4.78, 5) is 28.9. The lowest BCUT2D eigenvalue weighted by atomic mass is 10.2. The first-order chi connectivity index (χ1) is 11.0. The summed E-state index contributed by atoms with van der Waals surface area (Å²) in [5.41, 5.74) is 0.348. The summed E-state index contributed by atoms with van der Waals surface area (Å²) in [6.45, 7) is 2.60. The molecule has 120 valence electrons. The summed E-state index contributed by atoms with van der Waals surface area (Å²) in [6.07, 6.45) is 1.59. The van der Waals surface area contributed by atoms with Gasteiger partial charge in [0.05, 0.1) is 23.0 Å². The number of nitro groups is 1. The number of thioether (sulfide) groups is 1. The van der Waals surface area contributed by atoms with Gasteiger partial charge in [-0.25, -0.2) is 0 Å². The standard InChI is InChI=1S/C14H12ClN3O4S/c15-10-2-1-9(7-11(10)18(20)21)8-12-13(19)16-14(23-12)17-3-5-22-6-4-17/h1-2,7-8H,3-6H2/b12-8+. The molecule has 2 aliphatic heterocycles. The third kappa shape index (κ3) is 3.54.